The Kier molecular flexibility index (Phi) is 5.97. The van der Waals surface area contributed by atoms with Crippen LogP contribution >= 0.6 is 0 Å². The van der Waals surface area contributed by atoms with Crippen molar-refractivity contribution in [1.29, 1.82) is 0 Å². The zero-order valence-corrected chi connectivity index (χ0v) is 12.1. The average molecular weight is 253 g/mol. The van der Waals surface area contributed by atoms with Crippen LogP contribution in [0.2, 0.25) is 0 Å². The molecular formula is C16H31NO. The largest absolute Gasteiger partial charge is 0.375 e. The van der Waals surface area contributed by atoms with Crippen LogP contribution in [-0.4, -0.2) is 18.8 Å². The van der Waals surface area contributed by atoms with Crippen LogP contribution in [0.1, 0.15) is 71.1 Å². The molecule has 3 atom stereocenters. The second-order valence-electron chi connectivity index (χ2n) is 6.40. The molecule has 0 amide bonds. The lowest BCUT2D eigenvalue weighted by Crippen LogP contribution is -2.39. The van der Waals surface area contributed by atoms with Gasteiger partial charge in [-0.2, -0.15) is 0 Å². The van der Waals surface area contributed by atoms with E-state index in [2.05, 4.69) is 6.92 Å². The van der Waals surface area contributed by atoms with E-state index in [0.717, 1.165) is 12.5 Å². The minimum Gasteiger partial charge on any atom is -0.375 e. The second-order valence-corrected chi connectivity index (χ2v) is 6.40. The molecule has 3 unspecified atom stereocenters. The summed E-state index contributed by atoms with van der Waals surface area (Å²) in [6.45, 7) is 3.11. The molecule has 0 aliphatic heterocycles. The van der Waals surface area contributed by atoms with Crippen LogP contribution in [0.3, 0.4) is 0 Å². The summed E-state index contributed by atoms with van der Waals surface area (Å²) in [6, 6.07) is 0. The average Bonchev–Trinajstić information content (AvgIpc) is 2.41. The van der Waals surface area contributed by atoms with Crippen molar-refractivity contribution in [2.24, 2.45) is 17.6 Å². The molecule has 0 aromatic rings. The van der Waals surface area contributed by atoms with Crippen LogP contribution < -0.4 is 5.73 Å². The molecule has 18 heavy (non-hydrogen) atoms. The van der Waals surface area contributed by atoms with Gasteiger partial charge in [-0.3, -0.25) is 0 Å². The van der Waals surface area contributed by atoms with Gasteiger partial charge in [0.15, 0.2) is 0 Å². The lowest BCUT2D eigenvalue weighted by molar-refractivity contribution is -0.0807. The maximum absolute atomic E-state index is 6.43. The Morgan fingerprint density at radius 1 is 1.06 bits per heavy atom. The molecule has 2 heteroatoms. The maximum Gasteiger partial charge on any atom is 0.0621 e. The van der Waals surface area contributed by atoms with Gasteiger partial charge in [-0.25, -0.2) is 0 Å². The van der Waals surface area contributed by atoms with Crippen LogP contribution in [0.4, 0.5) is 0 Å². The summed E-state index contributed by atoms with van der Waals surface area (Å²) in [6.07, 6.45) is 14.3. The first-order valence-corrected chi connectivity index (χ1v) is 8.19. The Balaban J connectivity index is 1.84. The van der Waals surface area contributed by atoms with Crippen molar-refractivity contribution >= 4 is 0 Å². The Morgan fingerprint density at radius 2 is 1.83 bits per heavy atom. The van der Waals surface area contributed by atoms with Crippen LogP contribution in [0, 0.1) is 11.8 Å². The third-order valence-electron chi connectivity index (χ3n) is 4.96. The van der Waals surface area contributed by atoms with Crippen molar-refractivity contribution in [3.8, 4) is 0 Å². The molecule has 0 bridgehead atoms. The number of rotatable bonds is 5. The highest BCUT2D eigenvalue weighted by Gasteiger charge is 2.32. The third kappa shape index (κ3) is 3.96. The van der Waals surface area contributed by atoms with Crippen molar-refractivity contribution in [2.75, 3.05) is 6.54 Å². The SMILES string of the molecule is CCCC1CCC(CN)C(OC2CCCCC2)C1. The zero-order valence-electron chi connectivity index (χ0n) is 12.1. The first kappa shape index (κ1) is 14.3. The Morgan fingerprint density at radius 3 is 2.50 bits per heavy atom. The van der Waals surface area contributed by atoms with Gasteiger partial charge >= 0.3 is 0 Å². The van der Waals surface area contributed by atoms with Gasteiger partial charge in [0.1, 0.15) is 0 Å². The summed E-state index contributed by atoms with van der Waals surface area (Å²) in [4.78, 5) is 0. The third-order valence-corrected chi connectivity index (χ3v) is 4.96. The van der Waals surface area contributed by atoms with Crippen molar-refractivity contribution < 1.29 is 4.74 Å². The number of nitrogens with two attached hydrogens (primary N) is 1. The summed E-state index contributed by atoms with van der Waals surface area (Å²) >= 11 is 0. The van der Waals surface area contributed by atoms with E-state index in [-0.39, 0.29) is 0 Å². The lowest BCUT2D eigenvalue weighted by atomic mass is 9.78. The van der Waals surface area contributed by atoms with Gasteiger partial charge in [-0.1, -0.05) is 39.0 Å². The summed E-state index contributed by atoms with van der Waals surface area (Å²) < 4.78 is 6.43. The molecule has 0 heterocycles. The fourth-order valence-corrected chi connectivity index (χ4v) is 3.83. The van der Waals surface area contributed by atoms with Crippen LogP contribution in [0.5, 0.6) is 0 Å². The van der Waals surface area contributed by atoms with Gasteiger partial charge < -0.3 is 10.5 Å². The molecule has 106 valence electrons. The first-order valence-electron chi connectivity index (χ1n) is 8.19. The summed E-state index contributed by atoms with van der Waals surface area (Å²) in [5.41, 5.74) is 5.94. The highest BCUT2D eigenvalue weighted by molar-refractivity contribution is 4.83. The van der Waals surface area contributed by atoms with Gasteiger partial charge in [0, 0.05) is 0 Å². The smallest absolute Gasteiger partial charge is 0.0621 e. The maximum atomic E-state index is 6.43. The van der Waals surface area contributed by atoms with E-state index >= 15 is 0 Å². The highest BCUT2D eigenvalue weighted by Crippen LogP contribution is 2.35. The quantitative estimate of drug-likeness (QED) is 0.807. The Hall–Kier alpha value is -0.0800. The Labute approximate surface area is 113 Å². The number of hydrogen-bond acceptors (Lipinski definition) is 2. The molecule has 2 saturated carbocycles. The van der Waals surface area contributed by atoms with Crippen molar-refractivity contribution in [3.05, 3.63) is 0 Å². The highest BCUT2D eigenvalue weighted by atomic mass is 16.5. The Bertz CT molecular complexity index is 225. The predicted molar refractivity (Wildman–Crippen MR) is 76.5 cm³/mol. The fraction of sp³-hybridized carbons (Fsp3) is 1.00. The van der Waals surface area contributed by atoms with Crippen LogP contribution in [0.25, 0.3) is 0 Å². The van der Waals surface area contributed by atoms with E-state index in [1.54, 1.807) is 0 Å². The minimum atomic E-state index is 0.461. The molecule has 0 saturated heterocycles. The van der Waals surface area contributed by atoms with Gasteiger partial charge in [0.25, 0.3) is 0 Å². The van der Waals surface area contributed by atoms with Gasteiger partial charge in [0.2, 0.25) is 0 Å². The number of ether oxygens (including phenoxy) is 1. The molecule has 2 aliphatic carbocycles. The van der Waals surface area contributed by atoms with Gasteiger partial charge in [-0.15, -0.1) is 0 Å². The molecule has 0 spiro atoms. The zero-order chi connectivity index (χ0) is 12.8. The molecule has 2 rings (SSSR count). The van der Waals surface area contributed by atoms with E-state index in [4.69, 9.17) is 10.5 Å². The first-order chi connectivity index (χ1) is 8.83. The molecule has 0 aromatic carbocycles. The van der Waals surface area contributed by atoms with Crippen molar-refractivity contribution in [1.82, 2.24) is 0 Å². The summed E-state index contributed by atoms with van der Waals surface area (Å²) in [5, 5.41) is 0. The van der Waals surface area contributed by atoms with Crippen molar-refractivity contribution in [2.45, 2.75) is 83.3 Å². The summed E-state index contributed by atoms with van der Waals surface area (Å²) in [7, 11) is 0. The van der Waals surface area contributed by atoms with E-state index in [1.807, 2.05) is 0 Å². The monoisotopic (exact) mass is 253 g/mol. The topological polar surface area (TPSA) is 35.2 Å². The van der Waals surface area contributed by atoms with E-state index in [1.165, 1.54) is 64.2 Å². The standard InChI is InChI=1S/C16H31NO/c1-2-6-13-9-10-14(12-17)16(11-13)18-15-7-4-3-5-8-15/h13-16H,2-12,17H2,1H3. The van der Waals surface area contributed by atoms with Crippen LogP contribution in [0.15, 0.2) is 0 Å². The minimum absolute atomic E-state index is 0.461. The molecule has 2 N–H and O–H groups in total. The molecular weight excluding hydrogens is 222 g/mol. The molecule has 2 aliphatic rings. The second kappa shape index (κ2) is 7.49. The van der Waals surface area contributed by atoms with Gasteiger partial charge in [0.05, 0.1) is 12.2 Å². The van der Waals surface area contributed by atoms with E-state index < -0.39 is 0 Å². The van der Waals surface area contributed by atoms with Crippen molar-refractivity contribution in [3.63, 3.8) is 0 Å². The predicted octanol–water partition coefficient (Wildman–Crippen LogP) is 3.88. The number of hydrogen-bond donors (Lipinski definition) is 1. The fourth-order valence-electron chi connectivity index (χ4n) is 3.83. The van der Waals surface area contributed by atoms with Crippen LogP contribution in [-0.2, 0) is 4.74 Å². The van der Waals surface area contributed by atoms with E-state index in [9.17, 15) is 0 Å². The van der Waals surface area contributed by atoms with E-state index in [0.29, 0.717) is 18.1 Å². The molecule has 2 fully saturated rings. The molecule has 0 radical (unpaired) electrons. The summed E-state index contributed by atoms with van der Waals surface area (Å²) in [5.74, 6) is 1.52. The lowest BCUT2D eigenvalue weighted by Gasteiger charge is -2.38. The van der Waals surface area contributed by atoms with Gasteiger partial charge in [-0.05, 0) is 50.5 Å². The molecule has 2 nitrogen and oxygen atoms in total. The normalized spacial score (nSPS) is 34.7. The molecule has 0 aromatic heterocycles.